The van der Waals surface area contributed by atoms with Crippen LogP contribution < -0.4 is 10.5 Å². The van der Waals surface area contributed by atoms with Gasteiger partial charge in [-0.25, -0.2) is 17.5 Å². The summed E-state index contributed by atoms with van der Waals surface area (Å²) in [5, 5.41) is 9.03. The van der Waals surface area contributed by atoms with Crippen molar-refractivity contribution in [3.63, 3.8) is 0 Å². The van der Waals surface area contributed by atoms with E-state index in [1.54, 1.807) is 24.3 Å². The highest BCUT2D eigenvalue weighted by molar-refractivity contribution is 7.89. The average Bonchev–Trinajstić information content (AvgIpc) is 2.48. The molecule has 0 aliphatic rings. The first-order valence-electron chi connectivity index (χ1n) is 6.16. The number of rotatable bonds is 5. The van der Waals surface area contributed by atoms with E-state index in [1.807, 2.05) is 0 Å². The van der Waals surface area contributed by atoms with Crippen molar-refractivity contribution in [2.75, 3.05) is 5.73 Å². The molecule has 2 rings (SSSR count). The maximum atomic E-state index is 13.3. The number of nitrogens with one attached hydrogen (secondary N) is 1. The zero-order valence-corrected chi connectivity index (χ0v) is 11.9. The van der Waals surface area contributed by atoms with E-state index in [0.717, 1.165) is 6.07 Å². The van der Waals surface area contributed by atoms with E-state index in [0.29, 0.717) is 11.1 Å². The predicted octanol–water partition coefficient (Wildman–Crippen LogP) is 1.38. The van der Waals surface area contributed by atoms with Crippen molar-refractivity contribution in [2.45, 2.75) is 18.0 Å². The number of aliphatic hydroxyl groups is 1. The van der Waals surface area contributed by atoms with Gasteiger partial charge in [-0.3, -0.25) is 0 Å². The molecular weight excluding hydrogens is 295 g/mol. The van der Waals surface area contributed by atoms with Gasteiger partial charge in [-0.05, 0) is 29.3 Å². The van der Waals surface area contributed by atoms with Crippen LogP contribution >= 0.6 is 0 Å². The minimum Gasteiger partial charge on any atom is -0.396 e. The van der Waals surface area contributed by atoms with E-state index in [9.17, 15) is 12.8 Å². The third kappa shape index (κ3) is 3.78. The van der Waals surface area contributed by atoms with Gasteiger partial charge in [0.15, 0.2) is 0 Å². The van der Waals surface area contributed by atoms with Gasteiger partial charge in [0.2, 0.25) is 10.0 Å². The molecule has 7 heteroatoms. The Morgan fingerprint density at radius 1 is 1.14 bits per heavy atom. The maximum absolute atomic E-state index is 13.3. The summed E-state index contributed by atoms with van der Waals surface area (Å²) in [6.07, 6.45) is 0. The molecule has 0 spiro atoms. The zero-order chi connectivity index (χ0) is 15.5. The monoisotopic (exact) mass is 310 g/mol. The van der Waals surface area contributed by atoms with E-state index in [1.165, 1.54) is 12.1 Å². The molecule has 0 saturated heterocycles. The van der Waals surface area contributed by atoms with Crippen LogP contribution in [0.5, 0.6) is 0 Å². The SMILES string of the molecule is Nc1ccc(S(=O)(=O)NCc2cccc(CO)c2)cc1F. The van der Waals surface area contributed by atoms with Crippen molar-refractivity contribution in [2.24, 2.45) is 0 Å². The van der Waals surface area contributed by atoms with Gasteiger partial charge in [-0.2, -0.15) is 0 Å². The lowest BCUT2D eigenvalue weighted by molar-refractivity contribution is 0.281. The number of halogens is 1. The number of hydrogen-bond donors (Lipinski definition) is 3. The number of anilines is 1. The second kappa shape index (κ2) is 6.21. The van der Waals surface area contributed by atoms with Gasteiger partial charge >= 0.3 is 0 Å². The molecule has 4 N–H and O–H groups in total. The van der Waals surface area contributed by atoms with Gasteiger partial charge < -0.3 is 10.8 Å². The number of nitrogens with two attached hydrogens (primary N) is 1. The quantitative estimate of drug-likeness (QED) is 0.727. The van der Waals surface area contributed by atoms with Crippen LogP contribution in [-0.2, 0) is 23.2 Å². The fourth-order valence-corrected chi connectivity index (χ4v) is 2.80. The summed E-state index contributed by atoms with van der Waals surface area (Å²) in [6, 6.07) is 10.2. The van der Waals surface area contributed by atoms with Crippen LogP contribution in [0, 0.1) is 5.82 Å². The van der Waals surface area contributed by atoms with Crippen LogP contribution in [-0.4, -0.2) is 13.5 Å². The summed E-state index contributed by atoms with van der Waals surface area (Å²) >= 11 is 0. The Morgan fingerprint density at radius 3 is 2.52 bits per heavy atom. The second-order valence-electron chi connectivity index (χ2n) is 4.49. The molecule has 5 nitrogen and oxygen atoms in total. The van der Waals surface area contributed by atoms with Crippen LogP contribution in [0.1, 0.15) is 11.1 Å². The van der Waals surface area contributed by atoms with Gasteiger partial charge in [0.05, 0.1) is 17.2 Å². The van der Waals surface area contributed by atoms with Crippen LogP contribution in [0.25, 0.3) is 0 Å². The molecule has 0 aliphatic heterocycles. The molecule has 2 aromatic rings. The standard InChI is InChI=1S/C14H15FN2O3S/c15-13-7-12(4-5-14(13)16)21(19,20)17-8-10-2-1-3-11(6-10)9-18/h1-7,17-18H,8-9,16H2. The molecule has 0 heterocycles. The first-order valence-corrected chi connectivity index (χ1v) is 7.64. The van der Waals surface area contributed by atoms with Crippen LogP contribution in [0.2, 0.25) is 0 Å². The molecule has 0 saturated carbocycles. The zero-order valence-electron chi connectivity index (χ0n) is 11.1. The van der Waals surface area contributed by atoms with Gasteiger partial charge in [-0.15, -0.1) is 0 Å². The summed E-state index contributed by atoms with van der Waals surface area (Å²) in [5.41, 5.74) is 6.59. The van der Waals surface area contributed by atoms with Crippen LogP contribution in [0.4, 0.5) is 10.1 Å². The second-order valence-corrected chi connectivity index (χ2v) is 6.25. The molecule has 0 amide bonds. The summed E-state index contributed by atoms with van der Waals surface area (Å²) in [6.45, 7) is -0.0774. The molecule has 21 heavy (non-hydrogen) atoms. The van der Waals surface area contributed by atoms with Gasteiger partial charge in [0.1, 0.15) is 5.82 Å². The lowest BCUT2D eigenvalue weighted by Crippen LogP contribution is -2.23. The van der Waals surface area contributed by atoms with Crippen molar-refractivity contribution < 1.29 is 17.9 Å². The summed E-state index contributed by atoms with van der Waals surface area (Å²) in [7, 11) is -3.83. The van der Waals surface area contributed by atoms with Crippen LogP contribution in [0.3, 0.4) is 0 Å². The fourth-order valence-electron chi connectivity index (χ4n) is 1.77. The Hall–Kier alpha value is -1.96. The summed E-state index contributed by atoms with van der Waals surface area (Å²) < 4.78 is 39.8. The largest absolute Gasteiger partial charge is 0.396 e. The number of sulfonamides is 1. The smallest absolute Gasteiger partial charge is 0.240 e. The minimum atomic E-state index is -3.83. The van der Waals surface area contributed by atoms with Crippen molar-refractivity contribution in [3.8, 4) is 0 Å². The minimum absolute atomic E-state index is 0.0438. The van der Waals surface area contributed by atoms with E-state index in [4.69, 9.17) is 10.8 Å². The predicted molar refractivity (Wildman–Crippen MR) is 77.2 cm³/mol. The third-order valence-electron chi connectivity index (χ3n) is 2.92. The van der Waals surface area contributed by atoms with E-state index in [-0.39, 0.29) is 23.7 Å². The lowest BCUT2D eigenvalue weighted by atomic mass is 10.1. The highest BCUT2D eigenvalue weighted by Gasteiger charge is 2.15. The highest BCUT2D eigenvalue weighted by Crippen LogP contribution is 2.16. The van der Waals surface area contributed by atoms with Gasteiger partial charge in [0.25, 0.3) is 0 Å². The Labute approximate surface area is 122 Å². The summed E-state index contributed by atoms with van der Waals surface area (Å²) in [4.78, 5) is -0.187. The number of aliphatic hydroxyl groups excluding tert-OH is 1. The van der Waals surface area contributed by atoms with Crippen molar-refractivity contribution in [3.05, 3.63) is 59.4 Å². The molecule has 112 valence electrons. The first kappa shape index (κ1) is 15.4. The molecule has 0 aliphatic carbocycles. The first-order chi connectivity index (χ1) is 9.92. The topological polar surface area (TPSA) is 92.4 Å². The number of hydrogen-bond acceptors (Lipinski definition) is 4. The van der Waals surface area contributed by atoms with E-state index < -0.39 is 15.8 Å². The Balaban J connectivity index is 2.15. The molecule has 0 atom stereocenters. The fraction of sp³-hybridized carbons (Fsp3) is 0.143. The number of nitrogen functional groups attached to an aromatic ring is 1. The molecule has 2 aromatic carbocycles. The lowest BCUT2D eigenvalue weighted by Gasteiger charge is -2.08. The molecule has 0 radical (unpaired) electrons. The molecule has 0 fully saturated rings. The Kier molecular flexibility index (Phi) is 4.56. The van der Waals surface area contributed by atoms with Crippen molar-refractivity contribution in [1.29, 1.82) is 0 Å². The van der Waals surface area contributed by atoms with Gasteiger partial charge in [-0.1, -0.05) is 24.3 Å². The third-order valence-corrected chi connectivity index (χ3v) is 4.32. The van der Waals surface area contributed by atoms with Crippen molar-refractivity contribution >= 4 is 15.7 Å². The average molecular weight is 310 g/mol. The highest BCUT2D eigenvalue weighted by atomic mass is 32.2. The molecular formula is C14H15FN2O3S. The number of benzene rings is 2. The summed E-state index contributed by atoms with van der Waals surface area (Å²) in [5.74, 6) is -0.778. The van der Waals surface area contributed by atoms with Gasteiger partial charge in [0, 0.05) is 6.54 Å². The maximum Gasteiger partial charge on any atom is 0.240 e. The Bertz CT molecular complexity index is 748. The normalized spacial score (nSPS) is 11.5. The van der Waals surface area contributed by atoms with Crippen molar-refractivity contribution in [1.82, 2.24) is 4.72 Å². The van der Waals surface area contributed by atoms with Crippen LogP contribution in [0.15, 0.2) is 47.4 Å². The molecule has 0 aromatic heterocycles. The molecule has 0 bridgehead atoms. The Morgan fingerprint density at radius 2 is 1.86 bits per heavy atom. The van der Waals surface area contributed by atoms with E-state index in [2.05, 4.69) is 4.72 Å². The molecule has 0 unspecified atom stereocenters. The van der Waals surface area contributed by atoms with E-state index >= 15 is 0 Å².